The van der Waals surface area contributed by atoms with Crippen LogP contribution in [0.25, 0.3) is 0 Å². The van der Waals surface area contributed by atoms with Crippen LogP contribution in [-0.4, -0.2) is 31.4 Å². The third kappa shape index (κ3) is 7.17. The van der Waals surface area contributed by atoms with Gasteiger partial charge in [-0.15, -0.1) is 0 Å². The van der Waals surface area contributed by atoms with E-state index in [2.05, 4.69) is 0 Å². The molecular weight excluding hydrogens is 241 g/mol. The Hall–Kier alpha value is 0.0700. The summed E-state index contributed by atoms with van der Waals surface area (Å²) in [6.07, 6.45) is 1.66. The molecule has 104 valence electrons. The maximum atomic E-state index is 11.6. The monoisotopic (exact) mass is 267 g/mol. The fourth-order valence-electron chi connectivity index (χ4n) is 1.39. The minimum absolute atomic E-state index is 0.0304. The van der Waals surface area contributed by atoms with Crippen LogP contribution in [0, 0.1) is 0 Å². The Morgan fingerprint density at radius 1 is 1.24 bits per heavy atom. The Balaban J connectivity index is 4.64. The van der Waals surface area contributed by atoms with E-state index >= 15 is 0 Å². The maximum Gasteiger partial charge on any atom is 0.288 e. The fraction of sp³-hybridized carbons (Fsp3) is 1.00. The molecule has 0 aliphatic heterocycles. The molecule has 0 spiro atoms. The molecule has 0 aromatic carbocycles. The van der Waals surface area contributed by atoms with E-state index in [-0.39, 0.29) is 6.04 Å². The molecule has 0 aromatic heterocycles. The zero-order valence-corrected chi connectivity index (χ0v) is 12.3. The third-order valence-electron chi connectivity index (χ3n) is 2.19. The van der Waals surface area contributed by atoms with Crippen LogP contribution in [0.3, 0.4) is 0 Å². The molecular formula is C11H26NO4P. The summed E-state index contributed by atoms with van der Waals surface area (Å²) < 4.78 is 28.1. The van der Waals surface area contributed by atoms with Gasteiger partial charge in [0.2, 0.25) is 0 Å². The fourth-order valence-corrected chi connectivity index (χ4v) is 2.10. The van der Waals surface area contributed by atoms with Crippen LogP contribution in [0.1, 0.15) is 40.5 Å². The lowest BCUT2D eigenvalue weighted by Crippen LogP contribution is -2.39. The highest BCUT2D eigenvalue weighted by atomic mass is 31.1. The van der Waals surface area contributed by atoms with E-state index in [0.29, 0.717) is 32.2 Å². The first-order chi connectivity index (χ1) is 7.99. The Kier molecular flexibility index (Phi) is 9.10. The van der Waals surface area contributed by atoms with Crippen LogP contribution < -0.4 is 5.73 Å². The zero-order chi connectivity index (χ0) is 13.3. The van der Waals surface area contributed by atoms with Crippen molar-refractivity contribution in [3.05, 3.63) is 0 Å². The van der Waals surface area contributed by atoms with Gasteiger partial charge in [-0.05, 0) is 27.2 Å². The molecule has 0 saturated carbocycles. The standard InChI is InChI=1S/C11H26NO4P/c1-5-14-11(15-6-2,9-8-10(4)12)16-17(13)7-3/h10,17H,5-9,12H2,1-4H3. The summed E-state index contributed by atoms with van der Waals surface area (Å²) in [6.45, 7) is 8.31. The van der Waals surface area contributed by atoms with Gasteiger partial charge in [0.15, 0.2) is 8.03 Å². The Morgan fingerprint density at radius 3 is 2.12 bits per heavy atom. The van der Waals surface area contributed by atoms with Crippen molar-refractivity contribution in [2.75, 3.05) is 19.4 Å². The first-order valence-electron chi connectivity index (χ1n) is 6.25. The molecule has 0 fully saturated rings. The summed E-state index contributed by atoms with van der Waals surface area (Å²) in [5.74, 6) is -1.19. The number of ether oxygens (including phenoxy) is 2. The van der Waals surface area contributed by atoms with Crippen LogP contribution in [0.2, 0.25) is 0 Å². The van der Waals surface area contributed by atoms with Crippen molar-refractivity contribution in [3.8, 4) is 0 Å². The normalized spacial score (nSPS) is 15.8. The first kappa shape index (κ1) is 17.1. The molecule has 2 N–H and O–H groups in total. The van der Waals surface area contributed by atoms with Gasteiger partial charge in [-0.25, -0.2) is 0 Å². The molecule has 0 saturated heterocycles. The quantitative estimate of drug-likeness (QED) is 0.486. The predicted octanol–water partition coefficient (Wildman–Crippen LogP) is 2.35. The lowest BCUT2D eigenvalue weighted by atomic mass is 10.2. The van der Waals surface area contributed by atoms with Crippen LogP contribution in [0.4, 0.5) is 0 Å². The molecule has 0 rings (SSSR count). The smallest absolute Gasteiger partial charge is 0.288 e. The number of nitrogens with two attached hydrogens (primary N) is 1. The summed E-state index contributed by atoms with van der Waals surface area (Å²) in [7, 11) is -2.12. The first-order valence-corrected chi connectivity index (χ1v) is 7.77. The molecule has 0 aromatic rings. The second-order valence-electron chi connectivity index (χ2n) is 3.89. The van der Waals surface area contributed by atoms with Crippen LogP contribution in [0.15, 0.2) is 0 Å². The average Bonchev–Trinajstić information content (AvgIpc) is 2.27. The van der Waals surface area contributed by atoms with Crippen molar-refractivity contribution < 1.29 is 18.6 Å². The lowest BCUT2D eigenvalue weighted by molar-refractivity contribution is -0.342. The third-order valence-corrected chi connectivity index (χ3v) is 3.31. The van der Waals surface area contributed by atoms with Crippen molar-refractivity contribution in [1.29, 1.82) is 0 Å². The van der Waals surface area contributed by atoms with Crippen LogP contribution >= 0.6 is 8.03 Å². The average molecular weight is 267 g/mol. The highest BCUT2D eigenvalue weighted by Gasteiger charge is 2.34. The molecule has 0 amide bonds. The molecule has 2 atom stereocenters. The van der Waals surface area contributed by atoms with Crippen molar-refractivity contribution in [3.63, 3.8) is 0 Å². The van der Waals surface area contributed by atoms with E-state index in [0.717, 1.165) is 0 Å². The highest BCUT2D eigenvalue weighted by Crippen LogP contribution is 2.35. The maximum absolute atomic E-state index is 11.6. The van der Waals surface area contributed by atoms with E-state index in [1.54, 1.807) is 0 Å². The van der Waals surface area contributed by atoms with E-state index in [4.69, 9.17) is 19.7 Å². The Morgan fingerprint density at radius 2 is 1.76 bits per heavy atom. The van der Waals surface area contributed by atoms with Crippen LogP contribution in [0.5, 0.6) is 0 Å². The van der Waals surface area contributed by atoms with Gasteiger partial charge in [-0.1, -0.05) is 6.92 Å². The summed E-state index contributed by atoms with van der Waals surface area (Å²) in [5, 5.41) is 0. The molecule has 0 aliphatic carbocycles. The SMILES string of the molecule is CCOC(CCC(C)N)(OCC)O[PH](=O)CC. The van der Waals surface area contributed by atoms with Gasteiger partial charge in [0.05, 0.1) is 0 Å². The Labute approximate surface area is 105 Å². The number of hydrogen-bond acceptors (Lipinski definition) is 5. The van der Waals surface area contributed by atoms with E-state index in [1.807, 2.05) is 27.7 Å². The van der Waals surface area contributed by atoms with Crippen molar-refractivity contribution in [1.82, 2.24) is 0 Å². The van der Waals surface area contributed by atoms with E-state index in [1.165, 1.54) is 0 Å². The zero-order valence-electron chi connectivity index (χ0n) is 11.3. The minimum atomic E-state index is -2.12. The van der Waals surface area contributed by atoms with Gasteiger partial charge < -0.3 is 15.2 Å². The molecule has 5 nitrogen and oxygen atoms in total. The molecule has 6 heteroatoms. The molecule has 0 aliphatic rings. The molecule has 0 heterocycles. The number of hydrogen-bond donors (Lipinski definition) is 1. The van der Waals surface area contributed by atoms with Gasteiger partial charge >= 0.3 is 0 Å². The second kappa shape index (κ2) is 9.06. The van der Waals surface area contributed by atoms with Crippen molar-refractivity contribution in [2.24, 2.45) is 5.73 Å². The van der Waals surface area contributed by atoms with Crippen molar-refractivity contribution in [2.45, 2.75) is 52.6 Å². The summed E-state index contributed by atoms with van der Waals surface area (Å²) >= 11 is 0. The number of rotatable bonds is 10. The molecule has 17 heavy (non-hydrogen) atoms. The van der Waals surface area contributed by atoms with Gasteiger partial charge in [0, 0.05) is 31.8 Å². The van der Waals surface area contributed by atoms with Gasteiger partial charge in [-0.3, -0.25) is 9.09 Å². The highest BCUT2D eigenvalue weighted by molar-refractivity contribution is 7.39. The topological polar surface area (TPSA) is 70.8 Å². The predicted molar refractivity (Wildman–Crippen MR) is 69.5 cm³/mol. The Bertz CT molecular complexity index is 218. The van der Waals surface area contributed by atoms with Crippen LogP contribution in [-0.2, 0) is 18.6 Å². The molecule has 2 unspecified atom stereocenters. The minimum Gasteiger partial charge on any atom is -0.328 e. The van der Waals surface area contributed by atoms with Gasteiger partial charge in [0.25, 0.3) is 5.97 Å². The summed E-state index contributed by atoms with van der Waals surface area (Å²) in [5.41, 5.74) is 5.72. The largest absolute Gasteiger partial charge is 0.328 e. The second-order valence-corrected chi connectivity index (χ2v) is 5.55. The lowest BCUT2D eigenvalue weighted by Gasteiger charge is -2.32. The van der Waals surface area contributed by atoms with E-state index in [9.17, 15) is 4.57 Å². The summed E-state index contributed by atoms with van der Waals surface area (Å²) in [6, 6.07) is 0.0304. The molecule has 0 radical (unpaired) electrons. The van der Waals surface area contributed by atoms with Gasteiger partial charge in [-0.2, -0.15) is 0 Å². The van der Waals surface area contributed by atoms with Crippen molar-refractivity contribution >= 4 is 8.03 Å². The van der Waals surface area contributed by atoms with E-state index < -0.39 is 14.0 Å². The summed E-state index contributed by atoms with van der Waals surface area (Å²) in [4.78, 5) is 0. The molecule has 0 bridgehead atoms. The van der Waals surface area contributed by atoms with Gasteiger partial charge in [0.1, 0.15) is 0 Å².